The van der Waals surface area contributed by atoms with Crippen LogP contribution < -0.4 is 5.32 Å². The van der Waals surface area contributed by atoms with Gasteiger partial charge in [-0.05, 0) is 37.6 Å². The number of aryl methyl sites for hydroxylation is 1. The summed E-state index contributed by atoms with van der Waals surface area (Å²) in [4.78, 5) is 18.1. The summed E-state index contributed by atoms with van der Waals surface area (Å²) in [6, 6.07) is 10.3. The van der Waals surface area contributed by atoms with Crippen molar-refractivity contribution in [1.82, 2.24) is 14.8 Å². The molecule has 0 amide bonds. The number of fused-ring (bicyclic) bond motifs is 3. The van der Waals surface area contributed by atoms with Gasteiger partial charge in [0.1, 0.15) is 28.5 Å². The average molecular weight is 538 g/mol. The molecule has 2 aromatic heterocycles. The van der Waals surface area contributed by atoms with E-state index in [-0.39, 0.29) is 19.6 Å². The first-order valence-electron chi connectivity index (χ1n) is 11.9. The minimum absolute atomic E-state index is 0.0121. The van der Waals surface area contributed by atoms with Gasteiger partial charge in [0, 0.05) is 39.9 Å². The predicted molar refractivity (Wildman–Crippen MR) is 140 cm³/mol. The zero-order valence-electron chi connectivity index (χ0n) is 21.0. The fourth-order valence-electron chi connectivity index (χ4n) is 4.46. The van der Waals surface area contributed by atoms with Crippen LogP contribution >= 0.6 is 11.3 Å². The zero-order chi connectivity index (χ0) is 27.0. The number of methoxy groups -OCH3 is 1. The van der Waals surface area contributed by atoms with E-state index in [4.69, 9.17) is 9.73 Å². The van der Waals surface area contributed by atoms with Crippen LogP contribution in [0.5, 0.6) is 0 Å². The summed E-state index contributed by atoms with van der Waals surface area (Å²) >= 11 is 1.43. The summed E-state index contributed by atoms with van der Waals surface area (Å²) in [6.07, 6.45) is -0.0121. The second-order valence-electron chi connectivity index (χ2n) is 8.87. The Morgan fingerprint density at radius 3 is 2.61 bits per heavy atom. The highest BCUT2D eigenvalue weighted by molar-refractivity contribution is 7.15. The van der Waals surface area contributed by atoms with Crippen LogP contribution in [0.4, 0.5) is 14.5 Å². The van der Waals surface area contributed by atoms with E-state index in [2.05, 4.69) is 15.5 Å². The number of hydrogen-bond donors (Lipinski definition) is 2. The van der Waals surface area contributed by atoms with E-state index in [0.717, 1.165) is 38.3 Å². The molecule has 0 unspecified atom stereocenters. The number of thiophene rings is 1. The van der Waals surface area contributed by atoms with E-state index < -0.39 is 23.6 Å². The number of benzene rings is 2. The second kappa shape index (κ2) is 10.4. The van der Waals surface area contributed by atoms with E-state index >= 15 is 0 Å². The number of halogens is 2. The molecule has 1 aliphatic rings. The standard InChI is InChI=1S/C27H25F2N5O3S/c1-14-22(13-35)38-27-24(14)25(31-21(11-23(36)37-3)26-33-32-15(2)34(26)27)16-5-8-19(9-6-16)30-12-17-4-7-18(28)10-20(17)29/h4-10,21,30,35H,11-13H2,1-3H3/t21-/m0/s1. The monoisotopic (exact) mass is 537 g/mol. The maximum Gasteiger partial charge on any atom is 0.308 e. The number of aliphatic hydroxyl groups excluding tert-OH is 1. The van der Waals surface area contributed by atoms with Crippen molar-refractivity contribution in [2.24, 2.45) is 4.99 Å². The van der Waals surface area contributed by atoms with Crippen LogP contribution in [-0.2, 0) is 22.7 Å². The number of anilines is 1. The molecule has 11 heteroatoms. The van der Waals surface area contributed by atoms with Crippen molar-refractivity contribution in [2.45, 2.75) is 39.5 Å². The van der Waals surface area contributed by atoms with E-state index in [1.54, 1.807) is 0 Å². The fraction of sp³-hybridized carbons (Fsp3) is 0.259. The molecule has 0 bridgehead atoms. The Kier molecular flexibility index (Phi) is 7.04. The molecule has 1 atom stereocenters. The summed E-state index contributed by atoms with van der Waals surface area (Å²) in [5.74, 6) is -0.483. The van der Waals surface area contributed by atoms with Crippen molar-refractivity contribution in [3.8, 4) is 5.00 Å². The fourth-order valence-corrected chi connectivity index (χ4v) is 5.68. The van der Waals surface area contributed by atoms with Gasteiger partial charge in [0.15, 0.2) is 5.82 Å². The Labute approximate surface area is 221 Å². The number of rotatable bonds is 7. The van der Waals surface area contributed by atoms with Crippen molar-refractivity contribution in [3.63, 3.8) is 0 Å². The number of hydrogen-bond acceptors (Lipinski definition) is 8. The van der Waals surface area contributed by atoms with Crippen molar-refractivity contribution < 1.29 is 23.4 Å². The van der Waals surface area contributed by atoms with E-state index in [1.165, 1.54) is 30.6 Å². The number of aliphatic hydroxyl groups is 1. The van der Waals surface area contributed by atoms with Crippen LogP contribution in [0.15, 0.2) is 47.5 Å². The van der Waals surface area contributed by atoms with Crippen LogP contribution in [0.1, 0.15) is 51.2 Å². The van der Waals surface area contributed by atoms with Crippen LogP contribution in [0, 0.1) is 25.5 Å². The highest BCUT2D eigenvalue weighted by atomic mass is 32.1. The van der Waals surface area contributed by atoms with Gasteiger partial charge in [-0.25, -0.2) is 8.78 Å². The van der Waals surface area contributed by atoms with Gasteiger partial charge in [0.05, 0.1) is 25.8 Å². The molecule has 38 heavy (non-hydrogen) atoms. The normalized spacial score (nSPS) is 14.4. The first-order valence-corrected chi connectivity index (χ1v) is 12.7. The van der Waals surface area contributed by atoms with Gasteiger partial charge < -0.3 is 15.2 Å². The zero-order valence-corrected chi connectivity index (χ0v) is 21.8. The quantitative estimate of drug-likeness (QED) is 0.329. The molecule has 4 aromatic rings. The van der Waals surface area contributed by atoms with Crippen molar-refractivity contribution >= 4 is 28.7 Å². The van der Waals surface area contributed by atoms with Crippen LogP contribution in [-0.4, -0.2) is 38.7 Å². The SMILES string of the molecule is COC(=O)C[C@@H]1N=C(c2ccc(NCc3ccc(F)cc3F)cc2)c2c(sc(CO)c2C)-n2c(C)nnc21. The van der Waals surface area contributed by atoms with Crippen molar-refractivity contribution in [1.29, 1.82) is 0 Å². The lowest BCUT2D eigenvalue weighted by atomic mass is 9.99. The van der Waals surface area contributed by atoms with E-state index in [9.17, 15) is 18.7 Å². The molecule has 8 nitrogen and oxygen atoms in total. The highest BCUT2D eigenvalue weighted by Gasteiger charge is 2.33. The topological polar surface area (TPSA) is 102 Å². The molecule has 0 saturated carbocycles. The third-order valence-corrected chi connectivity index (χ3v) is 7.75. The minimum Gasteiger partial charge on any atom is -0.469 e. The summed E-state index contributed by atoms with van der Waals surface area (Å²) in [5.41, 5.74) is 4.26. The molecular formula is C27H25F2N5O3S. The summed E-state index contributed by atoms with van der Waals surface area (Å²) in [5, 5.41) is 22.5. The molecule has 2 N–H and O–H groups in total. The molecule has 0 radical (unpaired) electrons. The van der Waals surface area contributed by atoms with E-state index in [0.29, 0.717) is 22.9 Å². The Balaban J connectivity index is 1.54. The molecule has 0 saturated heterocycles. The number of ether oxygens (including phenoxy) is 1. The van der Waals surface area contributed by atoms with Gasteiger partial charge in [0.2, 0.25) is 0 Å². The summed E-state index contributed by atoms with van der Waals surface area (Å²) in [7, 11) is 1.33. The molecule has 5 rings (SSSR count). The summed E-state index contributed by atoms with van der Waals surface area (Å²) in [6.45, 7) is 3.83. The Hall–Kier alpha value is -3.96. The van der Waals surface area contributed by atoms with Crippen LogP contribution in [0.3, 0.4) is 0 Å². The van der Waals surface area contributed by atoms with E-state index in [1.807, 2.05) is 42.7 Å². The Bertz CT molecular complexity index is 1550. The van der Waals surface area contributed by atoms with Gasteiger partial charge in [0.25, 0.3) is 0 Å². The lowest BCUT2D eigenvalue weighted by molar-refractivity contribution is -0.141. The van der Waals surface area contributed by atoms with Crippen LogP contribution in [0.25, 0.3) is 5.00 Å². The number of carbonyl (C=O) groups is 1. The number of esters is 1. The number of carbonyl (C=O) groups excluding carboxylic acids is 1. The van der Waals surface area contributed by atoms with Crippen LogP contribution in [0.2, 0.25) is 0 Å². The van der Waals surface area contributed by atoms with Gasteiger partial charge in [-0.1, -0.05) is 18.2 Å². The molecule has 2 aromatic carbocycles. The lowest BCUT2D eigenvalue weighted by Gasteiger charge is -2.13. The number of nitrogens with zero attached hydrogens (tertiary/aromatic N) is 4. The second-order valence-corrected chi connectivity index (χ2v) is 9.95. The molecule has 0 aliphatic carbocycles. The largest absolute Gasteiger partial charge is 0.469 e. The number of aliphatic imine (C=N–C) groups is 1. The maximum atomic E-state index is 14.0. The number of aromatic nitrogens is 3. The van der Waals surface area contributed by atoms with Gasteiger partial charge >= 0.3 is 5.97 Å². The van der Waals surface area contributed by atoms with Gasteiger partial charge in [-0.2, -0.15) is 0 Å². The van der Waals surface area contributed by atoms with Gasteiger partial charge in [-0.15, -0.1) is 21.5 Å². The highest BCUT2D eigenvalue weighted by Crippen LogP contribution is 2.40. The molecular weight excluding hydrogens is 512 g/mol. The Morgan fingerprint density at radius 2 is 1.92 bits per heavy atom. The third-order valence-electron chi connectivity index (χ3n) is 6.49. The van der Waals surface area contributed by atoms with Gasteiger partial charge in [-0.3, -0.25) is 14.4 Å². The molecule has 0 fully saturated rings. The maximum absolute atomic E-state index is 14.0. The molecule has 3 heterocycles. The Morgan fingerprint density at radius 1 is 1.16 bits per heavy atom. The molecule has 196 valence electrons. The minimum atomic E-state index is -0.630. The van der Waals surface area contributed by atoms with Crippen molar-refractivity contribution in [3.05, 3.63) is 92.9 Å². The first-order chi connectivity index (χ1) is 18.3. The molecule has 1 aliphatic heterocycles. The average Bonchev–Trinajstić information content (AvgIpc) is 3.40. The number of nitrogens with one attached hydrogen (secondary N) is 1. The van der Waals surface area contributed by atoms with Crippen molar-refractivity contribution in [2.75, 3.05) is 12.4 Å². The first kappa shape index (κ1) is 25.7. The molecule has 0 spiro atoms. The smallest absolute Gasteiger partial charge is 0.308 e. The lowest BCUT2D eigenvalue weighted by Crippen LogP contribution is -2.12. The third kappa shape index (κ3) is 4.70. The summed E-state index contributed by atoms with van der Waals surface area (Å²) < 4.78 is 34.0. The predicted octanol–water partition coefficient (Wildman–Crippen LogP) is 4.78.